The predicted molar refractivity (Wildman–Crippen MR) is 216 cm³/mol. The standard InChI is InChI=1S/C44H51N7O6/c1-44(2,3)57-43(56)51-36-24-38(45-25-30(36)23-37(51)34-9-6-20-48(34)4)46-40(53)29-14-12-27(13-15-29)10-11-28-18-21-49(22-19-28)33-8-5-7-31-32(33)26-50(42(31)55)35-16-17-39(52)47-41(35)54/h5,7-8,12-15,23-25,28,34-35H,6,9-11,16-22,26H2,1-4H3,(H,45,46,53)(H,47,52,54)/t34-,35?/m1/s1. The number of carbonyl (C=O) groups excluding carboxylic acids is 5. The second-order valence-electron chi connectivity index (χ2n) is 17.0. The molecule has 0 bridgehead atoms. The highest BCUT2D eigenvalue weighted by Crippen LogP contribution is 2.37. The Hall–Kier alpha value is -5.56. The number of imide groups is 1. The second kappa shape index (κ2) is 15.4. The largest absolute Gasteiger partial charge is 0.443 e. The monoisotopic (exact) mass is 773 g/mol. The summed E-state index contributed by atoms with van der Waals surface area (Å²) in [4.78, 5) is 75.2. The van der Waals surface area contributed by atoms with Crippen LogP contribution in [0.3, 0.4) is 0 Å². The van der Waals surface area contributed by atoms with Gasteiger partial charge in [-0.05, 0) is 121 Å². The molecule has 2 aromatic carbocycles. The fourth-order valence-corrected chi connectivity index (χ4v) is 8.94. The number of pyridine rings is 1. The van der Waals surface area contributed by atoms with E-state index in [4.69, 9.17) is 4.74 Å². The summed E-state index contributed by atoms with van der Waals surface area (Å²) < 4.78 is 7.46. The van der Waals surface area contributed by atoms with Gasteiger partial charge in [0.15, 0.2) is 0 Å². The molecule has 4 amide bonds. The van der Waals surface area contributed by atoms with Crippen LogP contribution in [0.15, 0.2) is 60.8 Å². The van der Waals surface area contributed by atoms with Gasteiger partial charge in [0, 0.05) is 71.8 Å². The lowest BCUT2D eigenvalue weighted by Gasteiger charge is -2.35. The van der Waals surface area contributed by atoms with Crippen molar-refractivity contribution in [3.8, 4) is 0 Å². The van der Waals surface area contributed by atoms with Crippen molar-refractivity contribution >= 4 is 52.1 Å². The average molecular weight is 774 g/mol. The molecule has 298 valence electrons. The maximum atomic E-state index is 13.5. The number of likely N-dealkylation sites (tertiary alicyclic amines) is 1. The predicted octanol–water partition coefficient (Wildman–Crippen LogP) is 6.45. The summed E-state index contributed by atoms with van der Waals surface area (Å²) in [6, 6.07) is 16.7. The van der Waals surface area contributed by atoms with Crippen LogP contribution in [-0.2, 0) is 27.3 Å². The van der Waals surface area contributed by atoms with Gasteiger partial charge in [0.05, 0.1) is 11.6 Å². The molecule has 2 aromatic heterocycles. The van der Waals surface area contributed by atoms with Crippen molar-refractivity contribution in [3.63, 3.8) is 0 Å². The Morgan fingerprint density at radius 3 is 2.42 bits per heavy atom. The van der Waals surface area contributed by atoms with Gasteiger partial charge in [-0.1, -0.05) is 18.2 Å². The number of rotatable bonds is 8. The SMILES string of the molecule is CN1CCC[C@@H]1c1cc2cnc(NC(=O)c3ccc(CCC4CCN(c5cccc6c5CN(C5CCC(=O)NC5=O)C6=O)CC4)cc3)cc2n1C(=O)OC(C)(C)C. The summed E-state index contributed by atoms with van der Waals surface area (Å²) in [7, 11) is 2.07. The minimum atomic E-state index is -0.667. The van der Waals surface area contributed by atoms with Gasteiger partial charge in [0.25, 0.3) is 11.8 Å². The topological polar surface area (TPSA) is 146 Å². The van der Waals surface area contributed by atoms with E-state index in [-0.39, 0.29) is 30.2 Å². The van der Waals surface area contributed by atoms with Gasteiger partial charge in [-0.2, -0.15) is 0 Å². The zero-order valence-corrected chi connectivity index (χ0v) is 33.2. The molecule has 6 heterocycles. The van der Waals surface area contributed by atoms with Gasteiger partial charge in [-0.3, -0.25) is 29.4 Å². The van der Waals surface area contributed by atoms with Gasteiger partial charge >= 0.3 is 6.09 Å². The molecule has 3 saturated heterocycles. The Labute approximate surface area is 332 Å². The first-order valence-corrected chi connectivity index (χ1v) is 20.2. The van der Waals surface area contributed by atoms with Gasteiger partial charge < -0.3 is 19.9 Å². The van der Waals surface area contributed by atoms with Gasteiger partial charge in [0.2, 0.25) is 11.8 Å². The Morgan fingerprint density at radius 2 is 1.72 bits per heavy atom. The molecule has 1 unspecified atom stereocenters. The molecule has 3 fully saturated rings. The van der Waals surface area contributed by atoms with Crippen molar-refractivity contribution in [2.45, 2.75) is 96.4 Å². The molecule has 0 spiro atoms. The summed E-state index contributed by atoms with van der Waals surface area (Å²) in [6.07, 6.45) is 7.82. The maximum absolute atomic E-state index is 13.5. The first-order chi connectivity index (χ1) is 27.3. The molecule has 0 saturated carbocycles. The normalized spacial score (nSPS) is 20.6. The Balaban J connectivity index is 0.866. The number of carbonyl (C=O) groups is 5. The fourth-order valence-electron chi connectivity index (χ4n) is 8.94. The highest BCUT2D eigenvalue weighted by molar-refractivity contribution is 6.06. The molecular formula is C44H51N7O6. The van der Waals surface area contributed by atoms with Gasteiger partial charge in [-0.25, -0.2) is 14.3 Å². The first kappa shape index (κ1) is 38.3. The summed E-state index contributed by atoms with van der Waals surface area (Å²) in [5.74, 6) is -0.198. The lowest BCUT2D eigenvalue weighted by Crippen LogP contribution is -2.52. The molecule has 4 aromatic rings. The molecule has 2 atom stereocenters. The summed E-state index contributed by atoms with van der Waals surface area (Å²) in [5, 5.41) is 6.12. The Bertz CT molecular complexity index is 2230. The van der Waals surface area contributed by atoms with Crippen molar-refractivity contribution in [2.24, 2.45) is 5.92 Å². The van der Waals surface area contributed by atoms with E-state index in [0.717, 1.165) is 80.5 Å². The quantitative estimate of drug-likeness (QED) is 0.193. The Morgan fingerprint density at radius 1 is 0.947 bits per heavy atom. The van der Waals surface area contributed by atoms with Crippen LogP contribution in [-0.4, -0.2) is 87.4 Å². The smallest absolute Gasteiger partial charge is 0.419 e. The molecule has 4 aliphatic heterocycles. The first-order valence-electron chi connectivity index (χ1n) is 20.2. The number of nitrogens with one attached hydrogen (secondary N) is 2. The summed E-state index contributed by atoms with van der Waals surface area (Å²) in [6.45, 7) is 8.65. The summed E-state index contributed by atoms with van der Waals surface area (Å²) in [5.41, 5.74) is 5.19. The minimum Gasteiger partial charge on any atom is -0.443 e. The number of benzene rings is 2. The zero-order valence-electron chi connectivity index (χ0n) is 33.2. The third-order valence-electron chi connectivity index (χ3n) is 12.0. The van der Waals surface area contributed by atoms with Crippen LogP contribution in [0, 0.1) is 5.92 Å². The number of aryl methyl sites for hydroxylation is 1. The van der Waals surface area contributed by atoms with Crippen molar-refractivity contribution in [2.75, 3.05) is 36.9 Å². The summed E-state index contributed by atoms with van der Waals surface area (Å²) >= 11 is 0. The number of nitrogens with zero attached hydrogens (tertiary/aromatic N) is 5. The Kier molecular flexibility index (Phi) is 10.4. The molecule has 8 rings (SSSR count). The lowest BCUT2D eigenvalue weighted by molar-refractivity contribution is -0.136. The van der Waals surface area contributed by atoms with E-state index in [9.17, 15) is 24.0 Å². The van der Waals surface area contributed by atoms with Crippen LogP contribution in [0.5, 0.6) is 0 Å². The number of hydrogen-bond acceptors (Lipinski definition) is 9. The van der Waals surface area contributed by atoms with Crippen LogP contribution in [0.1, 0.15) is 109 Å². The molecule has 4 aliphatic rings. The zero-order chi connectivity index (χ0) is 40.0. The molecule has 2 N–H and O–H groups in total. The van der Waals surface area contributed by atoms with E-state index in [1.807, 2.05) is 63.2 Å². The van der Waals surface area contributed by atoms with Crippen molar-refractivity contribution in [1.82, 2.24) is 24.7 Å². The van der Waals surface area contributed by atoms with Crippen LogP contribution >= 0.6 is 0 Å². The molecule has 13 nitrogen and oxygen atoms in total. The average Bonchev–Trinajstić information content (AvgIpc) is 3.88. The number of ether oxygens (including phenoxy) is 1. The minimum absolute atomic E-state index is 0.0825. The van der Waals surface area contributed by atoms with Crippen molar-refractivity contribution < 1.29 is 28.7 Å². The van der Waals surface area contributed by atoms with Gasteiger partial charge in [-0.15, -0.1) is 0 Å². The number of amides is 4. The van der Waals surface area contributed by atoms with Crippen LogP contribution in [0.4, 0.5) is 16.3 Å². The molecule has 57 heavy (non-hydrogen) atoms. The van der Waals surface area contributed by atoms with Crippen LogP contribution < -0.4 is 15.5 Å². The fraction of sp³-hybridized carbons (Fsp3) is 0.455. The van der Waals surface area contributed by atoms with E-state index >= 15 is 0 Å². The van der Waals surface area contributed by atoms with Crippen molar-refractivity contribution in [3.05, 3.63) is 88.7 Å². The number of anilines is 2. The lowest BCUT2D eigenvalue weighted by atomic mass is 9.90. The van der Waals surface area contributed by atoms with E-state index in [1.165, 1.54) is 5.56 Å². The van der Waals surface area contributed by atoms with Gasteiger partial charge in [0.1, 0.15) is 17.5 Å². The van der Waals surface area contributed by atoms with Crippen LogP contribution in [0.25, 0.3) is 10.9 Å². The number of fused-ring (bicyclic) bond motifs is 2. The maximum Gasteiger partial charge on any atom is 0.419 e. The molecule has 13 heteroatoms. The van der Waals surface area contributed by atoms with Crippen LogP contribution in [0.2, 0.25) is 0 Å². The molecule has 0 radical (unpaired) electrons. The highest BCUT2D eigenvalue weighted by atomic mass is 16.6. The van der Waals surface area contributed by atoms with E-state index in [2.05, 4.69) is 38.5 Å². The third-order valence-corrected chi connectivity index (χ3v) is 12.0. The second-order valence-corrected chi connectivity index (χ2v) is 17.0. The van der Waals surface area contributed by atoms with E-state index in [1.54, 1.807) is 21.7 Å². The van der Waals surface area contributed by atoms with Crippen molar-refractivity contribution in [1.29, 1.82) is 0 Å². The highest BCUT2D eigenvalue weighted by Gasteiger charge is 2.40. The number of hydrogen-bond donors (Lipinski definition) is 2. The van der Waals surface area contributed by atoms with E-state index < -0.39 is 23.6 Å². The molecular weight excluding hydrogens is 723 g/mol. The number of aromatic nitrogens is 2. The third kappa shape index (κ3) is 7.89. The molecule has 0 aliphatic carbocycles. The van der Waals surface area contributed by atoms with E-state index in [0.29, 0.717) is 41.3 Å². The number of piperidine rings is 2.